The topological polar surface area (TPSA) is 121 Å². The molecule has 0 atom stereocenters. The summed E-state index contributed by atoms with van der Waals surface area (Å²) in [7, 11) is 7.56. The second-order valence-corrected chi connectivity index (χ2v) is 8.92. The van der Waals surface area contributed by atoms with Crippen molar-refractivity contribution in [3.63, 3.8) is 0 Å². The number of nitrogen functional groups attached to an aromatic ring is 1. The van der Waals surface area contributed by atoms with Crippen LogP contribution in [0.25, 0.3) is 10.9 Å². The predicted molar refractivity (Wildman–Crippen MR) is 138 cm³/mol. The number of likely N-dealkylation sites (N-methyl/N-ethyl adjacent to an activating group) is 2. The first-order chi connectivity index (χ1) is 16.7. The van der Waals surface area contributed by atoms with Gasteiger partial charge in [-0.1, -0.05) is 18.2 Å². The van der Waals surface area contributed by atoms with Crippen molar-refractivity contribution < 1.29 is 9.59 Å². The van der Waals surface area contributed by atoms with Crippen molar-refractivity contribution >= 4 is 34.4 Å². The highest BCUT2D eigenvalue weighted by atomic mass is 16.2. The van der Waals surface area contributed by atoms with Gasteiger partial charge < -0.3 is 25.8 Å². The van der Waals surface area contributed by atoms with Crippen LogP contribution in [0.5, 0.6) is 0 Å². The van der Waals surface area contributed by atoms with Crippen LogP contribution in [0.4, 0.5) is 11.6 Å². The number of nitrogens with one attached hydrogen (secondary N) is 1. The summed E-state index contributed by atoms with van der Waals surface area (Å²) in [5.74, 6) is 0.558. The van der Waals surface area contributed by atoms with E-state index in [9.17, 15) is 9.59 Å². The van der Waals surface area contributed by atoms with E-state index in [0.29, 0.717) is 19.6 Å². The molecule has 0 aliphatic carbocycles. The molecule has 3 rings (SSSR count). The largest absolute Gasteiger partial charge is 0.382 e. The van der Waals surface area contributed by atoms with E-state index in [1.807, 2.05) is 64.3 Å². The number of carbonyl (C=O) groups is 2. The third-order valence-corrected chi connectivity index (χ3v) is 5.71. The van der Waals surface area contributed by atoms with E-state index in [1.165, 1.54) is 12.4 Å². The highest BCUT2D eigenvalue weighted by Gasteiger charge is 2.17. The number of pyridine rings is 1. The molecule has 0 saturated carbocycles. The maximum atomic E-state index is 12.7. The van der Waals surface area contributed by atoms with Gasteiger partial charge in [-0.25, -0.2) is 15.0 Å². The van der Waals surface area contributed by atoms with Crippen molar-refractivity contribution in [2.24, 2.45) is 0 Å². The molecule has 0 radical (unpaired) electrons. The molecule has 3 aromatic rings. The number of para-hydroxylation sites is 1. The van der Waals surface area contributed by atoms with E-state index in [0.717, 1.165) is 34.3 Å². The Hall–Kier alpha value is -3.79. The van der Waals surface area contributed by atoms with E-state index in [2.05, 4.69) is 20.2 Å². The van der Waals surface area contributed by atoms with Crippen LogP contribution < -0.4 is 16.0 Å². The van der Waals surface area contributed by atoms with Gasteiger partial charge in [-0.15, -0.1) is 0 Å². The maximum Gasteiger partial charge on any atom is 0.273 e. The Morgan fingerprint density at radius 1 is 1.06 bits per heavy atom. The van der Waals surface area contributed by atoms with Crippen LogP contribution >= 0.6 is 0 Å². The van der Waals surface area contributed by atoms with E-state index in [4.69, 9.17) is 10.7 Å². The number of hydrogen-bond donors (Lipinski definition) is 2. The van der Waals surface area contributed by atoms with Crippen LogP contribution in [0.15, 0.2) is 36.7 Å². The van der Waals surface area contributed by atoms with E-state index in [-0.39, 0.29) is 24.0 Å². The Morgan fingerprint density at radius 2 is 1.80 bits per heavy atom. The monoisotopic (exact) mass is 478 g/mol. The maximum absolute atomic E-state index is 12.7. The van der Waals surface area contributed by atoms with Gasteiger partial charge in [0, 0.05) is 57.1 Å². The average Bonchev–Trinajstić information content (AvgIpc) is 2.82. The Morgan fingerprint density at radius 3 is 2.51 bits per heavy atom. The van der Waals surface area contributed by atoms with E-state index < -0.39 is 5.91 Å². The number of aromatic nitrogens is 3. The van der Waals surface area contributed by atoms with Crippen molar-refractivity contribution in [2.75, 3.05) is 58.5 Å². The number of rotatable bonds is 10. The van der Waals surface area contributed by atoms with Crippen molar-refractivity contribution in [1.29, 1.82) is 0 Å². The molecule has 2 aromatic heterocycles. The molecule has 1 aromatic carbocycles. The molecule has 0 saturated heterocycles. The number of fused-ring (bicyclic) bond motifs is 1. The van der Waals surface area contributed by atoms with Gasteiger partial charge in [-0.05, 0) is 39.1 Å². The van der Waals surface area contributed by atoms with Gasteiger partial charge in [0.05, 0.1) is 12.1 Å². The summed E-state index contributed by atoms with van der Waals surface area (Å²) in [4.78, 5) is 43.5. The quantitative estimate of drug-likeness (QED) is 0.452. The summed E-state index contributed by atoms with van der Waals surface area (Å²) in [6.07, 6.45) is 3.66. The molecule has 0 aliphatic heterocycles. The van der Waals surface area contributed by atoms with Gasteiger partial charge in [-0.2, -0.15) is 0 Å². The number of nitrogens with two attached hydrogens (primary N) is 1. The Bertz CT molecular complexity index is 1200. The zero-order valence-electron chi connectivity index (χ0n) is 21.1. The second kappa shape index (κ2) is 11.6. The first-order valence-electron chi connectivity index (χ1n) is 11.5. The molecule has 0 fully saturated rings. The minimum atomic E-state index is -0.394. The molecule has 3 N–H and O–H groups in total. The lowest BCUT2D eigenvalue weighted by Crippen LogP contribution is -2.36. The van der Waals surface area contributed by atoms with Crippen LogP contribution in [0.2, 0.25) is 0 Å². The first kappa shape index (κ1) is 25.8. The molecule has 2 amide bonds. The van der Waals surface area contributed by atoms with Gasteiger partial charge >= 0.3 is 0 Å². The number of amides is 2. The van der Waals surface area contributed by atoms with E-state index in [1.54, 1.807) is 4.90 Å². The average molecular weight is 479 g/mol. The lowest BCUT2D eigenvalue weighted by molar-refractivity contribution is -0.130. The van der Waals surface area contributed by atoms with Crippen molar-refractivity contribution in [1.82, 2.24) is 30.1 Å². The fraction of sp³-hybridized carbons (Fsp3) is 0.400. The molecule has 0 aliphatic rings. The van der Waals surface area contributed by atoms with Crippen LogP contribution in [-0.2, 0) is 11.3 Å². The minimum absolute atomic E-state index is 0.0857. The number of benzene rings is 1. The smallest absolute Gasteiger partial charge is 0.273 e. The number of hydrogen-bond acceptors (Lipinski definition) is 8. The highest BCUT2D eigenvalue weighted by Crippen LogP contribution is 2.25. The molecule has 35 heavy (non-hydrogen) atoms. The molecular formula is C25H34N8O2. The Labute approximate surface area is 206 Å². The number of aryl methyl sites for hydroxylation is 1. The zero-order valence-corrected chi connectivity index (χ0v) is 21.1. The lowest BCUT2D eigenvalue weighted by Gasteiger charge is -2.24. The van der Waals surface area contributed by atoms with Gasteiger partial charge in [0.15, 0.2) is 11.5 Å². The van der Waals surface area contributed by atoms with Crippen LogP contribution in [0.1, 0.15) is 28.0 Å². The molecule has 186 valence electrons. The lowest BCUT2D eigenvalue weighted by atomic mass is 10.1. The van der Waals surface area contributed by atoms with Gasteiger partial charge in [-0.3, -0.25) is 9.59 Å². The first-order valence-corrected chi connectivity index (χ1v) is 11.5. The molecule has 0 spiro atoms. The zero-order chi connectivity index (χ0) is 25.5. The van der Waals surface area contributed by atoms with E-state index >= 15 is 0 Å². The summed E-state index contributed by atoms with van der Waals surface area (Å²) in [5.41, 5.74) is 8.76. The fourth-order valence-corrected chi connectivity index (χ4v) is 3.79. The number of carbonyl (C=O) groups excluding carboxylic acids is 2. The molecular weight excluding hydrogens is 444 g/mol. The Kier molecular flexibility index (Phi) is 8.53. The minimum Gasteiger partial charge on any atom is -0.382 e. The van der Waals surface area contributed by atoms with Crippen LogP contribution in [0.3, 0.4) is 0 Å². The summed E-state index contributed by atoms with van der Waals surface area (Å²) in [6, 6.07) is 8.08. The van der Waals surface area contributed by atoms with Gasteiger partial charge in [0.1, 0.15) is 5.82 Å². The van der Waals surface area contributed by atoms with Crippen molar-refractivity contribution in [3.05, 3.63) is 53.5 Å². The summed E-state index contributed by atoms with van der Waals surface area (Å²) in [6.45, 7) is 4.01. The third-order valence-electron chi connectivity index (χ3n) is 5.71. The standard InChI is InChI=1S/C25H34N8O2/c1-17-8-6-9-18-14-19(15-29-25(35)22-23(26)28-11-10-27-22)24(30-21(17)18)33(5)13-7-12-32(4)20(34)16-31(2)3/h6,8-11,14H,7,12-13,15-16H2,1-5H3,(H2,26,28)(H,29,35). The summed E-state index contributed by atoms with van der Waals surface area (Å²) >= 11 is 0. The molecule has 10 heteroatoms. The normalized spacial score (nSPS) is 11.0. The Balaban J connectivity index is 1.77. The third kappa shape index (κ3) is 6.63. The van der Waals surface area contributed by atoms with Crippen LogP contribution in [0, 0.1) is 6.92 Å². The van der Waals surface area contributed by atoms with Crippen molar-refractivity contribution in [2.45, 2.75) is 19.9 Å². The predicted octanol–water partition coefficient (Wildman–Crippen LogP) is 1.69. The molecule has 2 heterocycles. The summed E-state index contributed by atoms with van der Waals surface area (Å²) in [5, 5.41) is 3.89. The molecule has 10 nitrogen and oxygen atoms in total. The van der Waals surface area contributed by atoms with Gasteiger partial charge in [0.25, 0.3) is 5.91 Å². The van der Waals surface area contributed by atoms with Crippen molar-refractivity contribution in [3.8, 4) is 0 Å². The number of nitrogens with zero attached hydrogens (tertiary/aromatic N) is 6. The SMILES string of the molecule is Cc1cccc2cc(CNC(=O)c3nccnc3N)c(N(C)CCCN(C)C(=O)CN(C)C)nc12. The van der Waals surface area contributed by atoms with Crippen LogP contribution in [-0.4, -0.2) is 84.4 Å². The van der Waals surface area contributed by atoms with Gasteiger partial charge in [0.2, 0.25) is 5.91 Å². The fourth-order valence-electron chi connectivity index (χ4n) is 3.79. The second-order valence-electron chi connectivity index (χ2n) is 8.92. The molecule has 0 unspecified atom stereocenters. The molecule has 0 bridgehead atoms. The highest BCUT2D eigenvalue weighted by molar-refractivity contribution is 5.96. The number of anilines is 2. The summed E-state index contributed by atoms with van der Waals surface area (Å²) < 4.78 is 0.